The van der Waals surface area contributed by atoms with Crippen molar-refractivity contribution >= 4 is 60.0 Å². The average Bonchev–Trinajstić information content (AvgIpc) is 2.84. The van der Waals surface area contributed by atoms with Crippen molar-refractivity contribution < 1.29 is 4.42 Å². The predicted octanol–water partition coefficient (Wildman–Crippen LogP) is 4.97. The molecule has 1 aromatic carbocycles. The van der Waals surface area contributed by atoms with E-state index in [0.717, 1.165) is 18.7 Å². The van der Waals surface area contributed by atoms with Gasteiger partial charge >= 0.3 is 0 Å². The number of aryl methyl sites for hydroxylation is 1. The summed E-state index contributed by atoms with van der Waals surface area (Å²) in [6, 6.07) is 5.76. The first-order valence-electron chi connectivity index (χ1n) is 5.16. The van der Waals surface area contributed by atoms with Crippen LogP contribution in [-0.2, 0) is 0 Å². The first kappa shape index (κ1) is 12.2. The molecular weight excluding hydrogens is 380 g/mol. The number of fused-ring (bicyclic) bond motifs is 1. The van der Waals surface area contributed by atoms with Crippen molar-refractivity contribution in [2.24, 2.45) is 0 Å². The third-order valence-electron chi connectivity index (χ3n) is 2.55. The molecule has 6 heteroatoms. The van der Waals surface area contributed by atoms with Crippen molar-refractivity contribution in [3.05, 3.63) is 32.0 Å². The zero-order valence-electron chi connectivity index (χ0n) is 9.33. The zero-order chi connectivity index (χ0) is 12.9. The number of oxazole rings is 1. The second-order valence-electron chi connectivity index (χ2n) is 3.93. The van der Waals surface area contributed by atoms with Crippen molar-refractivity contribution in [3.63, 3.8) is 0 Å². The Labute approximate surface area is 124 Å². The van der Waals surface area contributed by atoms with Crippen LogP contribution >= 0.6 is 43.2 Å². The summed E-state index contributed by atoms with van der Waals surface area (Å²) >= 11 is 8.50. The van der Waals surface area contributed by atoms with Crippen molar-refractivity contribution in [3.8, 4) is 10.8 Å². The van der Waals surface area contributed by atoms with Crippen LogP contribution in [0.3, 0.4) is 0 Å². The highest BCUT2D eigenvalue weighted by atomic mass is 79.9. The minimum atomic E-state index is 0.588. The normalized spacial score (nSPS) is 11.3. The molecule has 0 bridgehead atoms. The maximum absolute atomic E-state index is 5.91. The number of anilines is 1. The van der Waals surface area contributed by atoms with Gasteiger partial charge in [-0.05, 0) is 46.6 Å². The fourth-order valence-corrected chi connectivity index (χ4v) is 3.62. The van der Waals surface area contributed by atoms with Crippen molar-refractivity contribution in [2.75, 3.05) is 5.73 Å². The van der Waals surface area contributed by atoms with E-state index in [1.807, 2.05) is 25.1 Å². The number of nitrogen functional groups attached to an aromatic ring is 1. The van der Waals surface area contributed by atoms with E-state index in [1.54, 1.807) is 11.3 Å². The Bertz CT molecular complexity index is 728. The molecule has 3 aromatic rings. The van der Waals surface area contributed by atoms with Crippen molar-refractivity contribution in [2.45, 2.75) is 6.92 Å². The molecule has 0 saturated carbocycles. The molecule has 0 saturated heterocycles. The van der Waals surface area contributed by atoms with Crippen molar-refractivity contribution in [1.29, 1.82) is 0 Å². The maximum Gasteiger partial charge on any atom is 0.237 e. The molecule has 3 rings (SSSR count). The zero-order valence-corrected chi connectivity index (χ0v) is 13.3. The Morgan fingerprint density at radius 1 is 1.28 bits per heavy atom. The standard InChI is InChI=1S/C12H8Br2N2OS/c1-5-2-9(18-11(5)14)12-16-8-4-6(13)3-7(15)10(8)17-12/h2-4H,15H2,1H3. The monoisotopic (exact) mass is 386 g/mol. The van der Waals surface area contributed by atoms with Crippen LogP contribution in [0.2, 0.25) is 0 Å². The number of hydrogen-bond donors (Lipinski definition) is 1. The third-order valence-corrected chi connectivity index (χ3v) is 5.13. The van der Waals surface area contributed by atoms with E-state index in [0.29, 0.717) is 17.2 Å². The number of halogens is 2. The van der Waals surface area contributed by atoms with Crippen molar-refractivity contribution in [1.82, 2.24) is 4.98 Å². The molecule has 2 heterocycles. The number of nitrogens with zero attached hydrogens (tertiary/aromatic N) is 1. The number of aromatic nitrogens is 1. The molecule has 92 valence electrons. The highest BCUT2D eigenvalue weighted by molar-refractivity contribution is 9.11. The van der Waals surface area contributed by atoms with Gasteiger partial charge in [0.1, 0.15) is 5.52 Å². The number of benzene rings is 1. The molecule has 0 aliphatic carbocycles. The number of nitrogens with two attached hydrogens (primary N) is 1. The van der Waals surface area contributed by atoms with Gasteiger partial charge in [-0.3, -0.25) is 0 Å². The number of hydrogen-bond acceptors (Lipinski definition) is 4. The van der Waals surface area contributed by atoms with Gasteiger partial charge in [-0.25, -0.2) is 4.98 Å². The van der Waals surface area contributed by atoms with E-state index < -0.39 is 0 Å². The van der Waals surface area contributed by atoms with Crippen LogP contribution in [0, 0.1) is 6.92 Å². The molecule has 0 amide bonds. The third kappa shape index (κ3) is 1.98. The molecule has 0 spiro atoms. The van der Waals surface area contributed by atoms with Gasteiger partial charge in [-0.1, -0.05) is 15.9 Å². The summed E-state index contributed by atoms with van der Waals surface area (Å²) in [7, 11) is 0. The van der Waals surface area contributed by atoms with Gasteiger partial charge in [0.2, 0.25) is 5.89 Å². The van der Waals surface area contributed by atoms with Crippen LogP contribution in [0.4, 0.5) is 5.69 Å². The molecule has 0 fully saturated rings. The van der Waals surface area contributed by atoms with E-state index >= 15 is 0 Å². The molecule has 0 aliphatic heterocycles. The van der Waals surface area contributed by atoms with Gasteiger partial charge in [-0.2, -0.15) is 0 Å². The second kappa shape index (κ2) is 4.36. The Morgan fingerprint density at radius 2 is 2.06 bits per heavy atom. The van der Waals surface area contributed by atoms with Gasteiger partial charge in [0.05, 0.1) is 14.4 Å². The molecule has 18 heavy (non-hydrogen) atoms. The Balaban J connectivity index is 2.22. The molecule has 0 radical (unpaired) electrons. The van der Waals surface area contributed by atoms with E-state index in [2.05, 4.69) is 36.8 Å². The molecule has 2 aromatic heterocycles. The average molecular weight is 388 g/mol. The molecule has 0 unspecified atom stereocenters. The summed E-state index contributed by atoms with van der Waals surface area (Å²) in [6.45, 7) is 2.04. The summed E-state index contributed by atoms with van der Waals surface area (Å²) in [4.78, 5) is 5.46. The van der Waals surface area contributed by atoms with Crippen LogP contribution in [0.15, 0.2) is 30.9 Å². The lowest BCUT2D eigenvalue weighted by Gasteiger charge is -1.93. The van der Waals surface area contributed by atoms with E-state index in [9.17, 15) is 0 Å². The van der Waals surface area contributed by atoms with E-state index in [-0.39, 0.29) is 0 Å². The van der Waals surface area contributed by atoms with Crippen LogP contribution in [0.1, 0.15) is 5.56 Å². The largest absolute Gasteiger partial charge is 0.433 e. The quantitative estimate of drug-likeness (QED) is 0.599. The number of thiophene rings is 1. The van der Waals surface area contributed by atoms with Crippen LogP contribution in [0.25, 0.3) is 21.9 Å². The Morgan fingerprint density at radius 3 is 2.72 bits per heavy atom. The molecule has 0 aliphatic rings. The number of rotatable bonds is 1. The summed E-state index contributed by atoms with van der Waals surface area (Å²) in [5, 5.41) is 0. The van der Waals surface area contributed by atoms with Gasteiger partial charge in [-0.15, -0.1) is 11.3 Å². The minimum absolute atomic E-state index is 0.588. The second-order valence-corrected chi connectivity index (χ2v) is 7.22. The Kier molecular flexibility index (Phi) is 2.96. The topological polar surface area (TPSA) is 52.0 Å². The Hall–Kier alpha value is -0.850. The SMILES string of the molecule is Cc1cc(-c2nc3cc(Br)cc(N)c3o2)sc1Br. The lowest BCUT2D eigenvalue weighted by atomic mass is 10.3. The summed E-state index contributed by atoms with van der Waals surface area (Å²) < 4.78 is 7.73. The highest BCUT2D eigenvalue weighted by Gasteiger charge is 2.14. The summed E-state index contributed by atoms with van der Waals surface area (Å²) in [5.74, 6) is 0.605. The van der Waals surface area contributed by atoms with Crippen LogP contribution in [0.5, 0.6) is 0 Å². The van der Waals surface area contributed by atoms with Gasteiger partial charge in [0.15, 0.2) is 5.58 Å². The van der Waals surface area contributed by atoms with E-state index in [4.69, 9.17) is 10.2 Å². The summed E-state index contributed by atoms with van der Waals surface area (Å²) in [5.41, 5.74) is 9.07. The highest BCUT2D eigenvalue weighted by Crippen LogP contribution is 2.37. The van der Waals surface area contributed by atoms with E-state index in [1.165, 1.54) is 5.56 Å². The van der Waals surface area contributed by atoms with Gasteiger partial charge in [0.25, 0.3) is 0 Å². The summed E-state index contributed by atoms with van der Waals surface area (Å²) in [6.07, 6.45) is 0. The first-order chi connectivity index (χ1) is 8.54. The maximum atomic E-state index is 5.91. The fourth-order valence-electron chi connectivity index (χ4n) is 1.69. The lowest BCUT2D eigenvalue weighted by Crippen LogP contribution is -1.84. The predicted molar refractivity (Wildman–Crippen MR) is 81.9 cm³/mol. The van der Waals surface area contributed by atoms with Crippen LogP contribution in [-0.4, -0.2) is 4.98 Å². The first-order valence-corrected chi connectivity index (χ1v) is 7.56. The molecule has 0 atom stereocenters. The van der Waals surface area contributed by atoms with Crippen LogP contribution < -0.4 is 5.73 Å². The van der Waals surface area contributed by atoms with Gasteiger partial charge in [0, 0.05) is 4.47 Å². The smallest absolute Gasteiger partial charge is 0.237 e. The lowest BCUT2D eigenvalue weighted by molar-refractivity contribution is 0.623. The fraction of sp³-hybridized carbons (Fsp3) is 0.0833. The van der Waals surface area contributed by atoms with Gasteiger partial charge < -0.3 is 10.2 Å². The molecule has 3 nitrogen and oxygen atoms in total. The molecular formula is C12H8Br2N2OS. The molecule has 2 N–H and O–H groups in total. The minimum Gasteiger partial charge on any atom is -0.433 e.